The van der Waals surface area contributed by atoms with Crippen molar-refractivity contribution in [2.45, 2.75) is 31.6 Å². The van der Waals surface area contributed by atoms with E-state index in [1.165, 1.54) is 6.92 Å². The molecule has 5 heteroatoms. The minimum atomic E-state index is -0.122. The number of hydrogen-bond donors (Lipinski definition) is 3. The lowest BCUT2D eigenvalue weighted by atomic mass is 9.70. The minimum Gasteiger partial charge on any atom is -0.508 e. The van der Waals surface area contributed by atoms with E-state index in [1.807, 2.05) is 24.3 Å². The van der Waals surface area contributed by atoms with Crippen molar-refractivity contribution in [3.05, 3.63) is 41.6 Å². The summed E-state index contributed by atoms with van der Waals surface area (Å²) in [6, 6.07) is 9.38. The number of anilines is 1. The van der Waals surface area contributed by atoms with E-state index < -0.39 is 0 Å². The van der Waals surface area contributed by atoms with E-state index in [4.69, 9.17) is 0 Å². The third-order valence-corrected chi connectivity index (χ3v) is 3.86. The second kappa shape index (κ2) is 5.00. The van der Waals surface area contributed by atoms with Gasteiger partial charge in [-0.3, -0.25) is 9.89 Å². The Labute approximate surface area is 117 Å². The molecular formula is C15H17N3O2. The quantitative estimate of drug-likeness (QED) is 0.803. The number of aromatic nitrogens is 2. The van der Waals surface area contributed by atoms with Gasteiger partial charge in [0.15, 0.2) is 5.82 Å². The maximum Gasteiger partial charge on any atom is 0.222 e. The predicted molar refractivity (Wildman–Crippen MR) is 75.7 cm³/mol. The first-order chi connectivity index (χ1) is 9.63. The number of nitrogens with zero attached hydrogens (tertiary/aromatic N) is 1. The maximum atomic E-state index is 11.0. The molecule has 1 saturated carbocycles. The van der Waals surface area contributed by atoms with Gasteiger partial charge < -0.3 is 10.4 Å². The van der Waals surface area contributed by atoms with Crippen LogP contribution in [0.5, 0.6) is 5.75 Å². The van der Waals surface area contributed by atoms with Crippen molar-refractivity contribution in [1.82, 2.24) is 10.2 Å². The molecule has 5 nitrogen and oxygen atoms in total. The Hall–Kier alpha value is -2.30. The van der Waals surface area contributed by atoms with Crippen molar-refractivity contribution in [2.24, 2.45) is 0 Å². The third kappa shape index (κ3) is 2.39. The summed E-state index contributed by atoms with van der Waals surface area (Å²) in [4.78, 5) is 11.0. The number of phenols is 1. The number of rotatable bonds is 3. The zero-order valence-electron chi connectivity index (χ0n) is 11.3. The maximum absolute atomic E-state index is 11.0. The van der Waals surface area contributed by atoms with Gasteiger partial charge in [0.2, 0.25) is 5.91 Å². The summed E-state index contributed by atoms with van der Waals surface area (Å²) in [5, 5.41) is 19.5. The third-order valence-electron chi connectivity index (χ3n) is 3.86. The number of carbonyl (C=O) groups excluding carboxylic acids is 1. The van der Waals surface area contributed by atoms with Crippen molar-refractivity contribution in [3.63, 3.8) is 0 Å². The first-order valence-electron chi connectivity index (χ1n) is 6.74. The van der Waals surface area contributed by atoms with Crippen molar-refractivity contribution in [3.8, 4) is 5.75 Å². The lowest BCUT2D eigenvalue weighted by molar-refractivity contribution is -0.114. The molecule has 3 N–H and O–H groups in total. The Morgan fingerprint density at radius 2 is 2.10 bits per heavy atom. The van der Waals surface area contributed by atoms with Crippen LogP contribution in [0.2, 0.25) is 0 Å². The van der Waals surface area contributed by atoms with Gasteiger partial charge in [-0.1, -0.05) is 18.2 Å². The lowest BCUT2D eigenvalue weighted by Gasteiger charge is -2.35. The first-order valence-corrected chi connectivity index (χ1v) is 6.74. The zero-order chi connectivity index (χ0) is 14.1. The SMILES string of the molecule is CC(=O)Nc1cc([C@H]2C[C@@H](c3ccccc3O)C2)[nH]n1. The van der Waals surface area contributed by atoms with E-state index in [9.17, 15) is 9.90 Å². The number of hydrogen-bond acceptors (Lipinski definition) is 3. The highest BCUT2D eigenvalue weighted by Gasteiger charge is 2.33. The Kier molecular flexibility index (Phi) is 3.18. The molecule has 1 aromatic carbocycles. The highest BCUT2D eigenvalue weighted by molar-refractivity contribution is 5.87. The fourth-order valence-electron chi connectivity index (χ4n) is 2.75. The number of phenolic OH excluding ortho intramolecular Hbond substituents is 1. The molecule has 1 fully saturated rings. The average Bonchev–Trinajstić information content (AvgIpc) is 2.77. The molecule has 0 bridgehead atoms. The summed E-state index contributed by atoms with van der Waals surface area (Å²) >= 11 is 0. The van der Waals surface area contributed by atoms with E-state index in [-0.39, 0.29) is 5.91 Å². The molecule has 0 aliphatic heterocycles. The lowest BCUT2D eigenvalue weighted by Crippen LogP contribution is -2.20. The standard InChI is InChI=1S/C15H17N3O2/c1-9(19)16-15-8-13(17-18-15)11-6-10(7-11)12-4-2-3-5-14(12)20/h2-5,8,10-11,20H,6-7H2,1H3,(H2,16,17,18,19)/t10-,11+. The fraction of sp³-hybridized carbons (Fsp3) is 0.333. The summed E-state index contributed by atoms with van der Waals surface area (Å²) < 4.78 is 0. The van der Waals surface area contributed by atoms with Crippen LogP contribution in [0.15, 0.2) is 30.3 Å². The zero-order valence-corrected chi connectivity index (χ0v) is 11.3. The van der Waals surface area contributed by atoms with Crippen LogP contribution in [-0.2, 0) is 4.79 Å². The Morgan fingerprint density at radius 1 is 1.35 bits per heavy atom. The predicted octanol–water partition coefficient (Wildman–Crippen LogP) is 2.73. The van der Waals surface area contributed by atoms with Crippen LogP contribution in [0.25, 0.3) is 0 Å². The van der Waals surface area contributed by atoms with Gasteiger partial charge in [0, 0.05) is 24.6 Å². The summed E-state index contributed by atoms with van der Waals surface area (Å²) in [7, 11) is 0. The van der Waals surface area contributed by atoms with Crippen molar-refractivity contribution in [1.29, 1.82) is 0 Å². The number of aromatic hydroxyl groups is 1. The largest absolute Gasteiger partial charge is 0.508 e. The highest BCUT2D eigenvalue weighted by atomic mass is 16.3. The number of amides is 1. The van der Waals surface area contributed by atoms with Crippen molar-refractivity contribution < 1.29 is 9.90 Å². The van der Waals surface area contributed by atoms with Crippen molar-refractivity contribution in [2.75, 3.05) is 5.32 Å². The molecule has 0 atom stereocenters. The van der Waals surface area contributed by atoms with Crippen LogP contribution in [0, 0.1) is 0 Å². The number of nitrogens with one attached hydrogen (secondary N) is 2. The molecule has 104 valence electrons. The van der Waals surface area contributed by atoms with Gasteiger partial charge in [-0.15, -0.1) is 0 Å². The number of aromatic amines is 1. The average molecular weight is 271 g/mol. The first kappa shape index (κ1) is 12.7. The molecule has 1 aromatic heterocycles. The molecule has 0 radical (unpaired) electrons. The smallest absolute Gasteiger partial charge is 0.222 e. The van der Waals surface area contributed by atoms with E-state index >= 15 is 0 Å². The van der Waals surface area contributed by atoms with Crippen LogP contribution in [0.1, 0.15) is 42.9 Å². The number of H-pyrrole nitrogens is 1. The Balaban J connectivity index is 1.64. The fourth-order valence-corrected chi connectivity index (χ4v) is 2.75. The summed E-state index contributed by atoms with van der Waals surface area (Å²) in [6.45, 7) is 1.46. The molecule has 2 aromatic rings. The van der Waals surface area contributed by atoms with Crippen LogP contribution in [-0.4, -0.2) is 21.2 Å². The molecule has 0 spiro atoms. The number of benzene rings is 1. The summed E-state index contributed by atoms with van der Waals surface area (Å²) in [6.07, 6.45) is 1.97. The normalized spacial score (nSPS) is 21.2. The summed E-state index contributed by atoms with van der Waals surface area (Å²) in [5.41, 5.74) is 2.06. The van der Waals surface area contributed by atoms with Crippen molar-refractivity contribution >= 4 is 11.7 Å². The molecule has 0 saturated heterocycles. The van der Waals surface area contributed by atoms with E-state index in [1.54, 1.807) is 6.07 Å². The number of para-hydroxylation sites is 1. The van der Waals surface area contributed by atoms with Crippen LogP contribution in [0.4, 0.5) is 5.82 Å². The van der Waals surface area contributed by atoms with E-state index in [2.05, 4.69) is 15.5 Å². The topological polar surface area (TPSA) is 78.0 Å². The van der Waals surface area contributed by atoms with Gasteiger partial charge in [-0.2, -0.15) is 5.10 Å². The van der Waals surface area contributed by atoms with Crippen LogP contribution < -0.4 is 5.32 Å². The van der Waals surface area contributed by atoms with Gasteiger partial charge in [-0.05, 0) is 30.4 Å². The van der Waals surface area contributed by atoms with E-state index in [0.717, 1.165) is 24.1 Å². The molecule has 20 heavy (non-hydrogen) atoms. The molecule has 1 aliphatic carbocycles. The molecular weight excluding hydrogens is 254 g/mol. The van der Waals surface area contributed by atoms with Gasteiger partial charge >= 0.3 is 0 Å². The van der Waals surface area contributed by atoms with Gasteiger partial charge in [0.25, 0.3) is 0 Å². The molecule has 0 unspecified atom stereocenters. The van der Waals surface area contributed by atoms with Gasteiger partial charge in [-0.25, -0.2) is 0 Å². The highest BCUT2D eigenvalue weighted by Crippen LogP contribution is 2.49. The van der Waals surface area contributed by atoms with Gasteiger partial charge in [0.1, 0.15) is 5.75 Å². The van der Waals surface area contributed by atoms with Crippen LogP contribution >= 0.6 is 0 Å². The Bertz CT molecular complexity index is 630. The second-order valence-electron chi connectivity index (χ2n) is 5.31. The number of carbonyl (C=O) groups is 1. The van der Waals surface area contributed by atoms with Gasteiger partial charge in [0.05, 0.1) is 0 Å². The minimum absolute atomic E-state index is 0.122. The monoisotopic (exact) mass is 271 g/mol. The van der Waals surface area contributed by atoms with Crippen LogP contribution in [0.3, 0.4) is 0 Å². The van der Waals surface area contributed by atoms with E-state index in [0.29, 0.717) is 23.4 Å². The Morgan fingerprint density at radius 3 is 2.80 bits per heavy atom. The molecule has 3 rings (SSSR count). The molecule has 1 aliphatic rings. The second-order valence-corrected chi connectivity index (χ2v) is 5.31. The molecule has 1 amide bonds. The molecule has 1 heterocycles. The summed E-state index contributed by atoms with van der Waals surface area (Å²) in [5.74, 6) is 1.63.